The third kappa shape index (κ3) is 3.37. The van der Waals surface area contributed by atoms with Crippen LogP contribution in [0.15, 0.2) is 46.9 Å². The summed E-state index contributed by atoms with van der Waals surface area (Å²) in [5.41, 5.74) is 2.54. The lowest BCUT2D eigenvalue weighted by molar-refractivity contribution is 0.0993. The van der Waals surface area contributed by atoms with Crippen molar-refractivity contribution in [3.05, 3.63) is 63.1 Å². The lowest BCUT2D eigenvalue weighted by Gasteiger charge is -2.18. The van der Waals surface area contributed by atoms with E-state index in [1.165, 1.54) is 0 Å². The van der Waals surface area contributed by atoms with E-state index in [0.29, 0.717) is 10.6 Å². The number of amides is 1. The summed E-state index contributed by atoms with van der Waals surface area (Å²) >= 11 is 9.31. The second kappa shape index (κ2) is 5.76. The Bertz CT molecular complexity index is 607. The predicted octanol–water partition coefficient (Wildman–Crippen LogP) is 4.69. The maximum absolute atomic E-state index is 12.4. The number of hydrogen-bond donors (Lipinski definition) is 0. The van der Waals surface area contributed by atoms with Crippen molar-refractivity contribution < 1.29 is 4.79 Å². The highest BCUT2D eigenvalue weighted by Gasteiger charge is 2.14. The average molecular weight is 339 g/mol. The Morgan fingerprint density at radius 2 is 1.95 bits per heavy atom. The molecule has 0 saturated heterocycles. The zero-order valence-corrected chi connectivity index (χ0v) is 13.0. The molecule has 98 valence electrons. The number of rotatable bonds is 2. The van der Waals surface area contributed by atoms with Crippen molar-refractivity contribution in [2.75, 3.05) is 11.9 Å². The van der Waals surface area contributed by atoms with Crippen LogP contribution in [0.5, 0.6) is 0 Å². The van der Waals surface area contributed by atoms with Gasteiger partial charge in [-0.2, -0.15) is 0 Å². The molecule has 0 heterocycles. The number of carbonyl (C=O) groups is 1. The van der Waals surface area contributed by atoms with Crippen LogP contribution >= 0.6 is 27.5 Å². The Balaban J connectivity index is 2.33. The molecule has 0 aliphatic rings. The molecule has 0 saturated carbocycles. The number of benzene rings is 2. The van der Waals surface area contributed by atoms with E-state index in [1.807, 2.05) is 31.2 Å². The molecule has 0 aliphatic heterocycles. The van der Waals surface area contributed by atoms with E-state index in [9.17, 15) is 4.79 Å². The number of anilines is 1. The number of carbonyl (C=O) groups excluding carboxylic acids is 1. The molecule has 0 aliphatic carbocycles. The normalized spacial score (nSPS) is 10.3. The average Bonchev–Trinajstić information content (AvgIpc) is 2.36. The minimum Gasteiger partial charge on any atom is -0.311 e. The van der Waals surface area contributed by atoms with Gasteiger partial charge in [-0.15, -0.1) is 0 Å². The fourth-order valence-corrected chi connectivity index (χ4v) is 2.68. The van der Waals surface area contributed by atoms with Gasteiger partial charge in [-0.25, -0.2) is 0 Å². The number of hydrogen-bond acceptors (Lipinski definition) is 1. The lowest BCUT2D eigenvalue weighted by Crippen LogP contribution is -2.26. The molecule has 2 aromatic carbocycles. The van der Waals surface area contributed by atoms with Crippen molar-refractivity contribution in [2.45, 2.75) is 6.92 Å². The summed E-state index contributed by atoms with van der Waals surface area (Å²) in [6.45, 7) is 2.00. The predicted molar refractivity (Wildman–Crippen MR) is 83.1 cm³/mol. The van der Waals surface area contributed by atoms with Gasteiger partial charge in [-0.05, 0) is 42.8 Å². The smallest absolute Gasteiger partial charge is 0.258 e. The van der Waals surface area contributed by atoms with Crippen LogP contribution in [0, 0.1) is 6.92 Å². The Kier molecular flexibility index (Phi) is 4.27. The largest absolute Gasteiger partial charge is 0.311 e. The minimum absolute atomic E-state index is 0.0891. The van der Waals surface area contributed by atoms with E-state index < -0.39 is 0 Å². The molecule has 0 unspecified atom stereocenters. The summed E-state index contributed by atoms with van der Waals surface area (Å²) in [5, 5.41) is 0.537. The Morgan fingerprint density at radius 1 is 1.21 bits per heavy atom. The van der Waals surface area contributed by atoms with E-state index in [1.54, 1.807) is 30.1 Å². The van der Waals surface area contributed by atoms with E-state index in [-0.39, 0.29) is 5.91 Å². The third-order valence-electron chi connectivity index (χ3n) is 2.80. The molecule has 2 nitrogen and oxygen atoms in total. The SMILES string of the molecule is Cc1cccc(N(C)C(=O)c2cc(Cl)cc(Br)c2)c1. The quantitative estimate of drug-likeness (QED) is 0.778. The first-order chi connectivity index (χ1) is 8.97. The molecular weight excluding hydrogens is 326 g/mol. The maximum Gasteiger partial charge on any atom is 0.258 e. The van der Waals surface area contributed by atoms with Crippen molar-refractivity contribution >= 4 is 39.1 Å². The number of halogens is 2. The van der Waals surface area contributed by atoms with Crippen LogP contribution in [-0.2, 0) is 0 Å². The Morgan fingerprint density at radius 3 is 2.58 bits per heavy atom. The van der Waals surface area contributed by atoms with Crippen LogP contribution in [0.1, 0.15) is 15.9 Å². The Labute approximate surface area is 126 Å². The molecule has 0 N–H and O–H groups in total. The molecule has 0 atom stereocenters. The highest BCUT2D eigenvalue weighted by atomic mass is 79.9. The van der Waals surface area contributed by atoms with Gasteiger partial charge in [0.1, 0.15) is 0 Å². The first-order valence-corrected chi connectivity index (χ1v) is 6.95. The van der Waals surface area contributed by atoms with E-state index in [0.717, 1.165) is 15.7 Å². The van der Waals surface area contributed by atoms with Crippen LogP contribution in [0.25, 0.3) is 0 Å². The summed E-state index contributed by atoms with van der Waals surface area (Å²) in [7, 11) is 1.76. The van der Waals surface area contributed by atoms with E-state index in [4.69, 9.17) is 11.6 Å². The molecule has 2 aromatic rings. The molecule has 4 heteroatoms. The number of nitrogens with zero attached hydrogens (tertiary/aromatic N) is 1. The maximum atomic E-state index is 12.4. The van der Waals surface area contributed by atoms with Gasteiger partial charge < -0.3 is 4.90 Å². The summed E-state index contributed by atoms with van der Waals surface area (Å²) in [4.78, 5) is 14.0. The molecule has 0 aromatic heterocycles. The van der Waals surface area contributed by atoms with Gasteiger partial charge in [0.15, 0.2) is 0 Å². The summed E-state index contributed by atoms with van der Waals surface area (Å²) in [6.07, 6.45) is 0. The molecular formula is C15H13BrClNO. The van der Waals surface area contributed by atoms with Crippen molar-refractivity contribution in [3.63, 3.8) is 0 Å². The molecule has 0 spiro atoms. The van der Waals surface area contributed by atoms with E-state index in [2.05, 4.69) is 15.9 Å². The second-order valence-electron chi connectivity index (χ2n) is 4.36. The van der Waals surface area contributed by atoms with Crippen LogP contribution in [-0.4, -0.2) is 13.0 Å². The van der Waals surface area contributed by atoms with Gasteiger partial charge in [0.25, 0.3) is 5.91 Å². The fraction of sp³-hybridized carbons (Fsp3) is 0.133. The van der Waals surface area contributed by atoms with Crippen molar-refractivity contribution in [1.29, 1.82) is 0 Å². The third-order valence-corrected chi connectivity index (χ3v) is 3.48. The van der Waals surface area contributed by atoms with Crippen LogP contribution in [0.2, 0.25) is 5.02 Å². The minimum atomic E-state index is -0.0891. The summed E-state index contributed by atoms with van der Waals surface area (Å²) in [6, 6.07) is 13.0. The fourth-order valence-electron chi connectivity index (χ4n) is 1.82. The van der Waals surface area contributed by atoms with Gasteiger partial charge in [-0.1, -0.05) is 39.7 Å². The molecule has 0 radical (unpaired) electrons. The van der Waals surface area contributed by atoms with Crippen LogP contribution < -0.4 is 4.90 Å². The first-order valence-electron chi connectivity index (χ1n) is 5.78. The van der Waals surface area contributed by atoms with Gasteiger partial charge in [0.05, 0.1) is 0 Å². The van der Waals surface area contributed by atoms with Gasteiger partial charge in [-0.3, -0.25) is 4.79 Å². The molecule has 19 heavy (non-hydrogen) atoms. The van der Waals surface area contributed by atoms with E-state index >= 15 is 0 Å². The van der Waals surface area contributed by atoms with Crippen LogP contribution in [0.3, 0.4) is 0 Å². The second-order valence-corrected chi connectivity index (χ2v) is 5.71. The van der Waals surface area contributed by atoms with Gasteiger partial charge >= 0.3 is 0 Å². The zero-order chi connectivity index (χ0) is 14.0. The zero-order valence-electron chi connectivity index (χ0n) is 10.7. The van der Waals surface area contributed by atoms with Gasteiger partial charge in [0, 0.05) is 27.8 Å². The monoisotopic (exact) mass is 337 g/mol. The number of aryl methyl sites for hydroxylation is 1. The molecule has 1 amide bonds. The summed E-state index contributed by atoms with van der Waals surface area (Å²) in [5.74, 6) is -0.0891. The first kappa shape index (κ1) is 14.1. The molecule has 0 bridgehead atoms. The van der Waals surface area contributed by atoms with Crippen LogP contribution in [0.4, 0.5) is 5.69 Å². The molecule has 2 rings (SSSR count). The summed E-state index contributed by atoms with van der Waals surface area (Å²) < 4.78 is 0.793. The topological polar surface area (TPSA) is 20.3 Å². The Hall–Kier alpha value is -1.32. The molecule has 0 fully saturated rings. The standard InChI is InChI=1S/C15H13BrClNO/c1-10-4-3-5-14(6-10)18(2)15(19)11-7-12(16)9-13(17)8-11/h3-9H,1-2H3. The van der Waals surface area contributed by atoms with Crippen molar-refractivity contribution in [1.82, 2.24) is 0 Å². The van der Waals surface area contributed by atoms with Crippen molar-refractivity contribution in [3.8, 4) is 0 Å². The lowest BCUT2D eigenvalue weighted by atomic mass is 10.1. The van der Waals surface area contributed by atoms with Gasteiger partial charge in [0.2, 0.25) is 0 Å². The highest BCUT2D eigenvalue weighted by Crippen LogP contribution is 2.22. The van der Waals surface area contributed by atoms with Crippen molar-refractivity contribution in [2.24, 2.45) is 0 Å². The highest BCUT2D eigenvalue weighted by molar-refractivity contribution is 9.10.